The van der Waals surface area contributed by atoms with E-state index in [1.54, 1.807) is 11.3 Å². The minimum atomic E-state index is 0.0556. The van der Waals surface area contributed by atoms with Crippen LogP contribution in [0.2, 0.25) is 0 Å². The molecule has 1 saturated carbocycles. The summed E-state index contributed by atoms with van der Waals surface area (Å²) in [5.41, 5.74) is 2.11. The van der Waals surface area contributed by atoms with Crippen LogP contribution in [0.15, 0.2) is 24.5 Å². The van der Waals surface area contributed by atoms with Crippen molar-refractivity contribution in [3.05, 3.63) is 40.5 Å². The highest BCUT2D eigenvalue weighted by molar-refractivity contribution is 7.98. The van der Waals surface area contributed by atoms with E-state index in [1.165, 1.54) is 10.4 Å². The smallest absolute Gasteiger partial charge is 0.254 e. The van der Waals surface area contributed by atoms with Gasteiger partial charge in [-0.15, -0.1) is 11.3 Å². The second-order valence-corrected chi connectivity index (χ2v) is 10.1. The zero-order chi connectivity index (χ0) is 19.1. The van der Waals surface area contributed by atoms with Crippen LogP contribution in [-0.2, 0) is 17.0 Å². The summed E-state index contributed by atoms with van der Waals surface area (Å²) in [6, 6.07) is 4.16. The Bertz CT molecular complexity index is 878. The van der Waals surface area contributed by atoms with Crippen LogP contribution in [0.5, 0.6) is 0 Å². The molecule has 5 nitrogen and oxygen atoms in total. The molecule has 0 unspecified atom stereocenters. The zero-order valence-corrected chi connectivity index (χ0v) is 17.5. The van der Waals surface area contributed by atoms with Crippen LogP contribution in [0.3, 0.4) is 0 Å². The number of hydrogen-bond acceptors (Lipinski definition) is 4. The first-order chi connectivity index (χ1) is 13.7. The molecule has 2 aromatic rings. The Morgan fingerprint density at radius 1 is 1.07 bits per heavy atom. The van der Waals surface area contributed by atoms with Crippen molar-refractivity contribution in [2.24, 2.45) is 5.92 Å². The first-order valence-corrected chi connectivity index (χ1v) is 12.1. The van der Waals surface area contributed by atoms with Gasteiger partial charge in [-0.1, -0.05) is 0 Å². The van der Waals surface area contributed by atoms with Crippen molar-refractivity contribution in [3.63, 3.8) is 0 Å². The van der Waals surface area contributed by atoms with E-state index in [4.69, 9.17) is 0 Å². The third kappa shape index (κ3) is 3.50. The molecular formula is C21H25N3O2S2. The Morgan fingerprint density at radius 2 is 1.82 bits per heavy atom. The molecule has 2 aliphatic heterocycles. The van der Waals surface area contributed by atoms with Crippen molar-refractivity contribution in [3.8, 4) is 5.00 Å². The normalized spacial score (nSPS) is 20.1. The number of nitrogens with zero attached hydrogens (tertiary/aromatic N) is 2. The van der Waals surface area contributed by atoms with Gasteiger partial charge in [-0.25, -0.2) is 0 Å². The van der Waals surface area contributed by atoms with E-state index in [2.05, 4.69) is 9.88 Å². The SMILES string of the molecule is O=C(NC1CCN(C(=O)C2CC2)CC1)c1c(-n2cccc2)sc2c1CCSC2. The second-order valence-electron chi connectivity index (χ2n) is 7.92. The predicted octanol–water partition coefficient (Wildman–Crippen LogP) is 3.46. The minimum Gasteiger partial charge on any atom is -0.349 e. The van der Waals surface area contributed by atoms with Gasteiger partial charge in [0.15, 0.2) is 0 Å². The third-order valence-corrected chi connectivity index (χ3v) is 8.35. The fourth-order valence-corrected chi connectivity index (χ4v) is 6.64. The number of piperidine rings is 1. The summed E-state index contributed by atoms with van der Waals surface area (Å²) in [6.07, 6.45) is 8.82. The Hall–Kier alpha value is -1.73. The predicted molar refractivity (Wildman–Crippen MR) is 113 cm³/mol. The van der Waals surface area contributed by atoms with E-state index in [1.807, 2.05) is 41.2 Å². The molecule has 0 aromatic carbocycles. The van der Waals surface area contributed by atoms with E-state index in [0.717, 1.165) is 67.3 Å². The Morgan fingerprint density at radius 3 is 2.54 bits per heavy atom. The van der Waals surface area contributed by atoms with Crippen LogP contribution >= 0.6 is 23.1 Å². The van der Waals surface area contributed by atoms with Gasteiger partial charge in [0.2, 0.25) is 5.91 Å². The molecule has 2 fully saturated rings. The van der Waals surface area contributed by atoms with Gasteiger partial charge >= 0.3 is 0 Å². The maximum Gasteiger partial charge on any atom is 0.254 e. The Balaban J connectivity index is 1.31. The standard InChI is InChI=1S/C21H25N3O2S2/c25-19(22-15-5-10-23(11-6-15)20(26)14-3-4-14)18-16-7-12-27-13-17(16)28-21(18)24-8-1-2-9-24/h1-2,8-9,14-15H,3-7,10-13H2,(H,22,25). The molecule has 0 atom stereocenters. The lowest BCUT2D eigenvalue weighted by atomic mass is 10.0. The van der Waals surface area contributed by atoms with Crippen LogP contribution < -0.4 is 5.32 Å². The average molecular weight is 416 g/mol. The highest BCUT2D eigenvalue weighted by Crippen LogP contribution is 2.38. The first kappa shape index (κ1) is 18.3. The molecular weight excluding hydrogens is 390 g/mol. The number of hydrogen-bond donors (Lipinski definition) is 1. The molecule has 2 aromatic heterocycles. The van der Waals surface area contributed by atoms with Gasteiger partial charge in [-0.3, -0.25) is 9.59 Å². The molecule has 148 valence electrons. The van der Waals surface area contributed by atoms with Crippen molar-refractivity contribution >= 4 is 34.9 Å². The number of amides is 2. The van der Waals surface area contributed by atoms with E-state index in [0.29, 0.717) is 5.91 Å². The number of nitrogens with one attached hydrogen (secondary N) is 1. The topological polar surface area (TPSA) is 54.3 Å². The monoisotopic (exact) mass is 415 g/mol. The highest BCUT2D eigenvalue weighted by Gasteiger charge is 2.35. The van der Waals surface area contributed by atoms with E-state index in [-0.39, 0.29) is 17.9 Å². The quantitative estimate of drug-likeness (QED) is 0.832. The molecule has 0 bridgehead atoms. The first-order valence-electron chi connectivity index (χ1n) is 10.2. The molecule has 7 heteroatoms. The average Bonchev–Trinajstić information content (AvgIpc) is 3.27. The molecule has 28 heavy (non-hydrogen) atoms. The third-order valence-electron chi connectivity index (χ3n) is 5.94. The van der Waals surface area contributed by atoms with Crippen molar-refractivity contribution < 1.29 is 9.59 Å². The summed E-state index contributed by atoms with van der Waals surface area (Å²) >= 11 is 3.70. The number of carbonyl (C=O) groups is 2. The zero-order valence-electron chi connectivity index (χ0n) is 15.9. The fourth-order valence-electron chi connectivity index (χ4n) is 4.19. The summed E-state index contributed by atoms with van der Waals surface area (Å²) in [5.74, 6) is 2.75. The Kier molecular flexibility index (Phi) is 4.97. The van der Waals surface area contributed by atoms with E-state index >= 15 is 0 Å². The molecule has 3 aliphatic rings. The molecule has 1 saturated heterocycles. The van der Waals surface area contributed by atoms with Gasteiger partial charge in [-0.2, -0.15) is 11.8 Å². The van der Waals surface area contributed by atoms with Gasteiger partial charge in [-0.05, 0) is 55.6 Å². The van der Waals surface area contributed by atoms with Crippen LogP contribution in [-0.4, -0.2) is 46.2 Å². The van der Waals surface area contributed by atoms with Crippen LogP contribution in [0.1, 0.15) is 46.5 Å². The number of fused-ring (bicyclic) bond motifs is 1. The summed E-state index contributed by atoms with van der Waals surface area (Å²) < 4.78 is 2.07. The number of likely N-dealkylation sites (tertiary alicyclic amines) is 1. The number of carbonyl (C=O) groups excluding carboxylic acids is 2. The van der Waals surface area contributed by atoms with Gasteiger partial charge in [0.25, 0.3) is 5.91 Å². The highest BCUT2D eigenvalue weighted by atomic mass is 32.2. The van der Waals surface area contributed by atoms with Crippen LogP contribution in [0.25, 0.3) is 5.00 Å². The van der Waals surface area contributed by atoms with Gasteiger partial charge < -0.3 is 14.8 Å². The lowest BCUT2D eigenvalue weighted by Gasteiger charge is -2.32. The number of thioether (sulfide) groups is 1. The molecule has 1 N–H and O–H groups in total. The molecule has 1 aliphatic carbocycles. The van der Waals surface area contributed by atoms with Gasteiger partial charge in [0, 0.05) is 48.1 Å². The number of rotatable bonds is 4. The lowest BCUT2D eigenvalue weighted by molar-refractivity contribution is -0.133. The largest absolute Gasteiger partial charge is 0.349 e. The Labute approximate surface area is 173 Å². The van der Waals surface area contributed by atoms with Crippen molar-refractivity contribution in [1.82, 2.24) is 14.8 Å². The van der Waals surface area contributed by atoms with Crippen LogP contribution in [0, 0.1) is 5.92 Å². The summed E-state index contributed by atoms with van der Waals surface area (Å²) in [7, 11) is 0. The fraction of sp³-hybridized carbons (Fsp3) is 0.524. The second kappa shape index (κ2) is 7.59. The van der Waals surface area contributed by atoms with Crippen molar-refractivity contribution in [2.75, 3.05) is 18.8 Å². The molecule has 4 heterocycles. The molecule has 0 radical (unpaired) electrons. The van der Waals surface area contributed by atoms with Gasteiger partial charge in [0.1, 0.15) is 5.00 Å². The van der Waals surface area contributed by atoms with Crippen molar-refractivity contribution in [2.45, 2.75) is 43.9 Å². The summed E-state index contributed by atoms with van der Waals surface area (Å²) in [6.45, 7) is 1.53. The lowest BCUT2D eigenvalue weighted by Crippen LogP contribution is -2.47. The minimum absolute atomic E-state index is 0.0556. The maximum atomic E-state index is 13.3. The van der Waals surface area contributed by atoms with Gasteiger partial charge in [0.05, 0.1) is 5.56 Å². The maximum absolute atomic E-state index is 13.3. The molecule has 5 rings (SSSR count). The van der Waals surface area contributed by atoms with Crippen LogP contribution in [0.4, 0.5) is 0 Å². The molecule has 0 spiro atoms. The van der Waals surface area contributed by atoms with Crippen molar-refractivity contribution in [1.29, 1.82) is 0 Å². The van der Waals surface area contributed by atoms with E-state index in [9.17, 15) is 9.59 Å². The summed E-state index contributed by atoms with van der Waals surface area (Å²) in [4.78, 5) is 28.9. The molecule has 2 amide bonds. The number of aromatic nitrogens is 1. The number of thiophene rings is 1. The van der Waals surface area contributed by atoms with E-state index < -0.39 is 0 Å². The summed E-state index contributed by atoms with van der Waals surface area (Å²) in [5, 5.41) is 4.33.